The molecular weight excluding hydrogens is 368 g/mol. The Hall–Kier alpha value is -2.14. The van der Waals surface area contributed by atoms with E-state index in [0.717, 1.165) is 22.9 Å². The number of amides is 2. The first-order valence-electron chi connectivity index (χ1n) is 8.06. The van der Waals surface area contributed by atoms with Gasteiger partial charge in [0.1, 0.15) is 0 Å². The summed E-state index contributed by atoms with van der Waals surface area (Å²) >= 11 is 3.43. The van der Waals surface area contributed by atoms with E-state index < -0.39 is 0 Å². The third kappa shape index (κ3) is 4.68. The lowest BCUT2D eigenvalue weighted by molar-refractivity contribution is -0.116. The number of rotatable bonds is 6. The van der Waals surface area contributed by atoms with Gasteiger partial charge in [-0.1, -0.05) is 40.2 Å². The molecule has 1 aliphatic carbocycles. The highest BCUT2D eigenvalue weighted by atomic mass is 79.9. The van der Waals surface area contributed by atoms with Crippen LogP contribution in [0.25, 0.3) is 0 Å². The zero-order chi connectivity index (χ0) is 16.9. The minimum atomic E-state index is -0.125. The maximum absolute atomic E-state index is 12.2. The molecule has 0 unspecified atom stereocenters. The lowest BCUT2D eigenvalue weighted by Crippen LogP contribution is -2.27. The van der Waals surface area contributed by atoms with E-state index in [2.05, 4.69) is 26.6 Å². The van der Waals surface area contributed by atoms with Crippen molar-refractivity contribution in [1.82, 2.24) is 5.32 Å². The highest BCUT2D eigenvalue weighted by Gasteiger charge is 2.24. The molecule has 24 heavy (non-hydrogen) atoms. The number of aryl methyl sites for hydroxylation is 1. The Balaban J connectivity index is 1.60. The van der Waals surface area contributed by atoms with Crippen LogP contribution in [-0.2, 0) is 11.2 Å². The van der Waals surface area contributed by atoms with Crippen LogP contribution in [0.3, 0.4) is 0 Å². The Labute approximate surface area is 149 Å². The second kappa shape index (κ2) is 7.62. The van der Waals surface area contributed by atoms with Gasteiger partial charge in [-0.25, -0.2) is 0 Å². The third-order valence-corrected chi connectivity index (χ3v) is 4.38. The van der Waals surface area contributed by atoms with Crippen LogP contribution in [0.1, 0.15) is 35.2 Å². The first kappa shape index (κ1) is 16.7. The highest BCUT2D eigenvalue weighted by Crippen LogP contribution is 2.22. The van der Waals surface area contributed by atoms with Crippen molar-refractivity contribution in [2.45, 2.75) is 31.7 Å². The van der Waals surface area contributed by atoms with Gasteiger partial charge in [-0.3, -0.25) is 9.59 Å². The molecule has 2 N–H and O–H groups in total. The lowest BCUT2D eigenvalue weighted by Gasteiger charge is -2.11. The average molecular weight is 387 g/mol. The molecular formula is C19H19BrN2O2. The number of carbonyl (C=O) groups is 2. The van der Waals surface area contributed by atoms with Gasteiger partial charge in [-0.15, -0.1) is 0 Å². The normalized spacial score (nSPS) is 13.4. The average Bonchev–Trinajstić information content (AvgIpc) is 3.37. The summed E-state index contributed by atoms with van der Waals surface area (Å²) in [4.78, 5) is 24.5. The standard InChI is InChI=1S/C19H19BrN2O2/c20-14-5-3-4-13(12-14)8-11-18(23)22-17-7-2-1-6-16(17)19(24)21-15-9-10-15/h1-7,12,15H,8-11H2,(H,21,24)(H,22,23). The van der Waals surface area contributed by atoms with E-state index in [-0.39, 0.29) is 17.9 Å². The van der Waals surface area contributed by atoms with Crippen molar-refractivity contribution in [3.63, 3.8) is 0 Å². The Kier molecular flexibility index (Phi) is 5.30. The Morgan fingerprint density at radius 1 is 1.08 bits per heavy atom. The molecule has 1 fully saturated rings. The lowest BCUT2D eigenvalue weighted by atomic mass is 10.1. The number of anilines is 1. The molecule has 3 rings (SSSR count). The maximum Gasteiger partial charge on any atom is 0.253 e. The van der Waals surface area contributed by atoms with Gasteiger partial charge in [0.25, 0.3) is 5.91 Å². The molecule has 2 amide bonds. The van der Waals surface area contributed by atoms with Crippen molar-refractivity contribution >= 4 is 33.4 Å². The van der Waals surface area contributed by atoms with Gasteiger partial charge in [0, 0.05) is 16.9 Å². The topological polar surface area (TPSA) is 58.2 Å². The first-order chi connectivity index (χ1) is 11.6. The molecule has 2 aromatic rings. The summed E-state index contributed by atoms with van der Waals surface area (Å²) in [5.74, 6) is -0.220. The van der Waals surface area contributed by atoms with Crippen LogP contribution >= 0.6 is 15.9 Å². The molecule has 0 heterocycles. The van der Waals surface area contributed by atoms with Crippen LogP contribution in [0.2, 0.25) is 0 Å². The van der Waals surface area contributed by atoms with Crippen molar-refractivity contribution < 1.29 is 9.59 Å². The number of para-hydroxylation sites is 1. The SMILES string of the molecule is O=C(CCc1cccc(Br)c1)Nc1ccccc1C(=O)NC1CC1. The van der Waals surface area contributed by atoms with Gasteiger partial charge >= 0.3 is 0 Å². The molecule has 0 aliphatic heterocycles. The highest BCUT2D eigenvalue weighted by molar-refractivity contribution is 9.10. The fourth-order valence-corrected chi connectivity index (χ4v) is 2.89. The van der Waals surface area contributed by atoms with Crippen molar-refractivity contribution in [3.05, 3.63) is 64.1 Å². The zero-order valence-electron chi connectivity index (χ0n) is 13.2. The van der Waals surface area contributed by atoms with Crippen LogP contribution in [0.4, 0.5) is 5.69 Å². The summed E-state index contributed by atoms with van der Waals surface area (Å²) in [6.07, 6.45) is 3.09. The fourth-order valence-electron chi connectivity index (χ4n) is 2.44. The minimum absolute atomic E-state index is 0.0957. The van der Waals surface area contributed by atoms with Crippen LogP contribution in [0, 0.1) is 0 Å². The number of halogens is 1. The number of benzene rings is 2. The molecule has 0 saturated heterocycles. The molecule has 0 bridgehead atoms. The monoisotopic (exact) mass is 386 g/mol. The summed E-state index contributed by atoms with van der Waals surface area (Å²) in [6, 6.07) is 15.3. The molecule has 0 atom stereocenters. The van der Waals surface area contributed by atoms with Gasteiger partial charge in [0.15, 0.2) is 0 Å². The predicted molar refractivity (Wildman–Crippen MR) is 98.0 cm³/mol. The molecule has 5 heteroatoms. The molecule has 0 spiro atoms. The second-order valence-corrected chi connectivity index (χ2v) is 6.89. The minimum Gasteiger partial charge on any atom is -0.349 e. The van der Waals surface area contributed by atoms with Crippen LogP contribution in [0.5, 0.6) is 0 Å². The van der Waals surface area contributed by atoms with Gasteiger partial charge in [0.05, 0.1) is 11.3 Å². The van der Waals surface area contributed by atoms with Crippen LogP contribution in [0.15, 0.2) is 53.0 Å². The first-order valence-corrected chi connectivity index (χ1v) is 8.85. The van der Waals surface area contributed by atoms with E-state index in [9.17, 15) is 9.59 Å². The van der Waals surface area contributed by atoms with Gasteiger partial charge < -0.3 is 10.6 Å². The number of hydrogen-bond donors (Lipinski definition) is 2. The Morgan fingerprint density at radius 2 is 1.88 bits per heavy atom. The van der Waals surface area contributed by atoms with E-state index in [1.165, 1.54) is 0 Å². The third-order valence-electron chi connectivity index (χ3n) is 3.89. The Morgan fingerprint density at radius 3 is 2.62 bits per heavy atom. The number of carbonyl (C=O) groups excluding carboxylic acids is 2. The molecule has 124 valence electrons. The quantitative estimate of drug-likeness (QED) is 0.790. The van der Waals surface area contributed by atoms with Crippen molar-refractivity contribution in [2.24, 2.45) is 0 Å². The van der Waals surface area contributed by atoms with Crippen molar-refractivity contribution in [2.75, 3.05) is 5.32 Å². The summed E-state index contributed by atoms with van der Waals surface area (Å²) in [7, 11) is 0. The molecule has 1 saturated carbocycles. The van der Waals surface area contributed by atoms with Crippen molar-refractivity contribution in [1.29, 1.82) is 0 Å². The van der Waals surface area contributed by atoms with Crippen LogP contribution in [-0.4, -0.2) is 17.9 Å². The van der Waals surface area contributed by atoms with Gasteiger partial charge in [-0.2, -0.15) is 0 Å². The Bertz CT molecular complexity index is 757. The van der Waals surface area contributed by atoms with E-state index in [1.54, 1.807) is 18.2 Å². The molecule has 4 nitrogen and oxygen atoms in total. The fraction of sp³-hybridized carbons (Fsp3) is 0.263. The summed E-state index contributed by atoms with van der Waals surface area (Å²) in [6.45, 7) is 0. The van der Waals surface area contributed by atoms with Gasteiger partial charge in [0.2, 0.25) is 5.91 Å². The summed E-state index contributed by atoms with van der Waals surface area (Å²) < 4.78 is 1.00. The largest absolute Gasteiger partial charge is 0.349 e. The molecule has 0 radical (unpaired) electrons. The van der Waals surface area contributed by atoms with E-state index in [4.69, 9.17) is 0 Å². The zero-order valence-corrected chi connectivity index (χ0v) is 14.8. The van der Waals surface area contributed by atoms with Crippen LogP contribution < -0.4 is 10.6 Å². The van der Waals surface area contributed by atoms with E-state index >= 15 is 0 Å². The van der Waals surface area contributed by atoms with E-state index in [0.29, 0.717) is 24.1 Å². The van der Waals surface area contributed by atoms with Crippen molar-refractivity contribution in [3.8, 4) is 0 Å². The second-order valence-electron chi connectivity index (χ2n) is 5.97. The van der Waals surface area contributed by atoms with Gasteiger partial charge in [-0.05, 0) is 49.1 Å². The molecule has 1 aliphatic rings. The summed E-state index contributed by atoms with van der Waals surface area (Å²) in [5.41, 5.74) is 2.18. The maximum atomic E-state index is 12.2. The predicted octanol–water partition coefficient (Wildman–Crippen LogP) is 3.91. The molecule has 0 aromatic heterocycles. The number of hydrogen-bond acceptors (Lipinski definition) is 2. The smallest absolute Gasteiger partial charge is 0.253 e. The summed E-state index contributed by atoms with van der Waals surface area (Å²) in [5, 5.41) is 5.81. The van der Waals surface area contributed by atoms with E-state index in [1.807, 2.05) is 30.3 Å². The number of nitrogens with one attached hydrogen (secondary N) is 2. The molecule has 2 aromatic carbocycles.